The summed E-state index contributed by atoms with van der Waals surface area (Å²) in [7, 11) is 0. The number of carbonyl (C=O) groups is 1. The maximum atomic E-state index is 13.6. The van der Waals surface area contributed by atoms with Crippen LogP contribution >= 0.6 is 15.9 Å². The van der Waals surface area contributed by atoms with Crippen molar-refractivity contribution in [3.05, 3.63) is 28.5 Å². The largest absolute Gasteiger partial charge is 0.364 e. The molecule has 0 aromatic heterocycles. The highest BCUT2D eigenvalue weighted by atomic mass is 79.9. The number of ether oxygens (including phenoxy) is 1. The molecule has 3 atom stereocenters. The Balaban J connectivity index is 1.92. The van der Waals surface area contributed by atoms with Gasteiger partial charge in [0.15, 0.2) is 6.54 Å². The fraction of sp³-hybridized carbons (Fsp3) is 0.500. The van der Waals surface area contributed by atoms with E-state index in [-0.39, 0.29) is 23.8 Å². The molecule has 2 rings (SSSR count). The zero-order valence-electron chi connectivity index (χ0n) is 11.6. The summed E-state index contributed by atoms with van der Waals surface area (Å²) in [6.07, 6.45) is 0.289. The first-order chi connectivity index (χ1) is 9.44. The molecule has 0 spiro atoms. The van der Waals surface area contributed by atoms with Gasteiger partial charge >= 0.3 is 0 Å². The third-order valence-corrected chi connectivity index (χ3v) is 3.73. The maximum Gasteiger partial charge on any atom is 0.279 e. The molecule has 1 heterocycles. The van der Waals surface area contributed by atoms with Crippen LogP contribution in [0.25, 0.3) is 0 Å². The first-order valence-electron chi connectivity index (χ1n) is 6.68. The maximum absolute atomic E-state index is 13.6. The Kier molecular flexibility index (Phi) is 5.12. The van der Waals surface area contributed by atoms with E-state index in [0.29, 0.717) is 11.0 Å². The molecule has 1 aromatic rings. The summed E-state index contributed by atoms with van der Waals surface area (Å²) in [5.74, 6) is -0.617. The second-order valence-electron chi connectivity index (χ2n) is 5.26. The van der Waals surface area contributed by atoms with Crippen molar-refractivity contribution in [3.63, 3.8) is 0 Å². The van der Waals surface area contributed by atoms with Crippen molar-refractivity contribution in [1.29, 1.82) is 0 Å². The van der Waals surface area contributed by atoms with Crippen LogP contribution in [0.2, 0.25) is 0 Å². The molecule has 1 aliphatic heterocycles. The zero-order chi connectivity index (χ0) is 14.7. The highest BCUT2D eigenvalue weighted by Gasteiger charge is 2.27. The average molecular weight is 346 g/mol. The molecule has 0 saturated carbocycles. The molecule has 110 valence electrons. The number of carbonyl (C=O) groups excluding carboxylic acids is 1. The lowest BCUT2D eigenvalue weighted by Gasteiger charge is -2.31. The lowest BCUT2D eigenvalue weighted by atomic mass is 10.2. The second-order valence-corrected chi connectivity index (χ2v) is 6.18. The summed E-state index contributed by atoms with van der Waals surface area (Å²) >= 11 is 3.18. The van der Waals surface area contributed by atoms with Crippen molar-refractivity contribution in [2.75, 3.05) is 25.0 Å². The average Bonchev–Trinajstić information content (AvgIpc) is 2.31. The summed E-state index contributed by atoms with van der Waals surface area (Å²) in [6.45, 7) is 5.92. The van der Waals surface area contributed by atoms with Crippen LogP contribution in [-0.2, 0) is 9.53 Å². The first-order valence-corrected chi connectivity index (χ1v) is 7.47. The van der Waals surface area contributed by atoms with Crippen molar-refractivity contribution in [1.82, 2.24) is 0 Å². The first kappa shape index (κ1) is 15.4. The standard InChI is InChI=1S/C14H18BrFN2O2/c1-9-6-18(7-10(2)20-9)8-14(19)17-13-4-3-11(15)5-12(13)16/h3-5,9-10H,6-8H2,1-2H3,(H,17,19)/p+1/t9-,10+. The van der Waals surface area contributed by atoms with Crippen molar-refractivity contribution >= 4 is 27.5 Å². The van der Waals surface area contributed by atoms with Gasteiger partial charge in [0.05, 0.1) is 5.69 Å². The number of nitrogens with one attached hydrogen (secondary N) is 2. The highest BCUT2D eigenvalue weighted by Crippen LogP contribution is 2.18. The van der Waals surface area contributed by atoms with E-state index >= 15 is 0 Å². The number of rotatable bonds is 3. The number of benzene rings is 1. The Morgan fingerprint density at radius 3 is 2.70 bits per heavy atom. The third-order valence-electron chi connectivity index (χ3n) is 3.23. The summed E-state index contributed by atoms with van der Waals surface area (Å²) in [6, 6.07) is 4.59. The number of halogens is 2. The molecule has 0 radical (unpaired) electrons. The Bertz CT molecular complexity index is 488. The Morgan fingerprint density at radius 2 is 2.10 bits per heavy atom. The van der Waals surface area contributed by atoms with Gasteiger partial charge in [0, 0.05) is 4.47 Å². The monoisotopic (exact) mass is 345 g/mol. The number of morpholine rings is 1. The normalized spacial score (nSPS) is 26.3. The van der Waals surface area contributed by atoms with Crippen molar-refractivity contribution in [2.45, 2.75) is 26.1 Å². The fourth-order valence-electron chi connectivity index (χ4n) is 2.55. The second kappa shape index (κ2) is 6.65. The molecule has 1 aliphatic rings. The molecule has 4 nitrogen and oxygen atoms in total. The smallest absolute Gasteiger partial charge is 0.279 e. The van der Waals surface area contributed by atoms with Gasteiger partial charge in [0.1, 0.15) is 31.1 Å². The lowest BCUT2D eigenvalue weighted by molar-refractivity contribution is -0.907. The highest BCUT2D eigenvalue weighted by molar-refractivity contribution is 9.10. The third kappa shape index (κ3) is 4.26. The van der Waals surface area contributed by atoms with E-state index in [9.17, 15) is 9.18 Å². The summed E-state index contributed by atoms with van der Waals surface area (Å²) in [4.78, 5) is 13.1. The van der Waals surface area contributed by atoms with Crippen LogP contribution in [0, 0.1) is 5.82 Å². The molecule has 1 unspecified atom stereocenters. The molecule has 1 aromatic carbocycles. The van der Waals surface area contributed by atoms with Gasteiger partial charge in [0.25, 0.3) is 5.91 Å². The van der Waals surface area contributed by atoms with Gasteiger partial charge in [-0.2, -0.15) is 0 Å². The Labute approximate surface area is 126 Å². The van der Waals surface area contributed by atoms with Gasteiger partial charge in [0.2, 0.25) is 0 Å². The van der Waals surface area contributed by atoms with E-state index in [4.69, 9.17) is 4.74 Å². The van der Waals surface area contributed by atoms with Gasteiger partial charge in [-0.25, -0.2) is 4.39 Å². The van der Waals surface area contributed by atoms with Gasteiger partial charge < -0.3 is 15.0 Å². The van der Waals surface area contributed by atoms with E-state index < -0.39 is 5.82 Å². The van der Waals surface area contributed by atoms with Gasteiger partial charge in [-0.05, 0) is 32.0 Å². The van der Waals surface area contributed by atoms with E-state index in [1.807, 2.05) is 13.8 Å². The van der Waals surface area contributed by atoms with Gasteiger partial charge in [-0.3, -0.25) is 4.79 Å². The van der Waals surface area contributed by atoms with Crippen LogP contribution in [0.3, 0.4) is 0 Å². The molecular weight excluding hydrogens is 327 g/mol. The fourth-order valence-corrected chi connectivity index (χ4v) is 2.88. The topological polar surface area (TPSA) is 42.8 Å². The van der Waals surface area contributed by atoms with E-state index in [1.165, 1.54) is 6.07 Å². The van der Waals surface area contributed by atoms with Crippen molar-refractivity contribution in [3.8, 4) is 0 Å². The molecule has 2 N–H and O–H groups in total. The van der Waals surface area contributed by atoms with Crippen LogP contribution in [-0.4, -0.2) is 37.7 Å². The number of quaternary nitrogens is 1. The lowest BCUT2D eigenvalue weighted by Crippen LogP contribution is -3.16. The van der Waals surface area contributed by atoms with E-state index in [0.717, 1.165) is 18.0 Å². The van der Waals surface area contributed by atoms with E-state index in [1.54, 1.807) is 12.1 Å². The Hall–Kier alpha value is -0.980. The molecule has 1 saturated heterocycles. The molecule has 0 aliphatic carbocycles. The van der Waals surface area contributed by atoms with Crippen LogP contribution in [0.4, 0.5) is 10.1 Å². The van der Waals surface area contributed by atoms with Crippen LogP contribution in [0.15, 0.2) is 22.7 Å². The molecule has 1 fully saturated rings. The van der Waals surface area contributed by atoms with Crippen LogP contribution in [0.5, 0.6) is 0 Å². The zero-order valence-corrected chi connectivity index (χ0v) is 13.2. The predicted molar refractivity (Wildman–Crippen MR) is 78.3 cm³/mol. The molecule has 6 heteroatoms. The van der Waals surface area contributed by atoms with Crippen LogP contribution < -0.4 is 10.2 Å². The molecule has 1 amide bonds. The van der Waals surface area contributed by atoms with Crippen molar-refractivity contribution in [2.24, 2.45) is 0 Å². The van der Waals surface area contributed by atoms with Gasteiger partial charge in [-0.15, -0.1) is 0 Å². The number of amides is 1. The van der Waals surface area contributed by atoms with E-state index in [2.05, 4.69) is 21.2 Å². The minimum absolute atomic E-state index is 0.144. The summed E-state index contributed by atoms with van der Waals surface area (Å²) in [5.41, 5.74) is 0.215. The molecular formula is C14H19BrFN2O2+. The number of anilines is 1. The number of hydrogen-bond acceptors (Lipinski definition) is 2. The molecule has 20 heavy (non-hydrogen) atoms. The minimum atomic E-state index is -0.438. The molecule has 0 bridgehead atoms. The van der Waals surface area contributed by atoms with Gasteiger partial charge in [-0.1, -0.05) is 15.9 Å². The quantitative estimate of drug-likeness (QED) is 0.864. The Morgan fingerprint density at radius 1 is 1.45 bits per heavy atom. The number of hydrogen-bond donors (Lipinski definition) is 2. The summed E-state index contributed by atoms with van der Waals surface area (Å²) < 4.78 is 19.9. The SMILES string of the molecule is C[C@@H]1C[NH+](CC(=O)Nc2ccc(Br)cc2F)C[C@H](C)O1. The summed E-state index contributed by atoms with van der Waals surface area (Å²) in [5, 5.41) is 2.62. The predicted octanol–water partition coefficient (Wildman–Crippen LogP) is 1.22. The van der Waals surface area contributed by atoms with Crippen molar-refractivity contribution < 1.29 is 18.8 Å². The van der Waals surface area contributed by atoms with Crippen LogP contribution in [0.1, 0.15) is 13.8 Å². The minimum Gasteiger partial charge on any atom is -0.364 e.